The average molecular weight is 476 g/mol. The van der Waals surface area contributed by atoms with E-state index < -0.39 is 22.2 Å². The van der Waals surface area contributed by atoms with Crippen LogP contribution in [0.3, 0.4) is 0 Å². The average Bonchev–Trinajstić information content (AvgIpc) is 3.06. The molecule has 1 aliphatic heterocycles. The predicted octanol–water partition coefficient (Wildman–Crippen LogP) is 1.45. The normalized spacial score (nSPS) is 16.9. The molecule has 0 saturated carbocycles. The monoisotopic (exact) mass is 475 g/mol. The number of carbonyl (C=O) groups is 3. The number of likely N-dealkylation sites (tertiary alicyclic amines) is 1. The third kappa shape index (κ3) is 8.08. The van der Waals surface area contributed by atoms with Crippen molar-refractivity contribution in [3.8, 4) is 0 Å². The molecule has 1 aliphatic rings. The number of imide groups is 1. The Balaban J connectivity index is 0.000000294. The molecule has 0 aromatic heterocycles. The minimum Gasteiger partial charge on any atom is -0.350 e. The lowest BCUT2D eigenvalue weighted by Gasteiger charge is -2.23. The van der Waals surface area contributed by atoms with E-state index in [9.17, 15) is 22.8 Å². The number of nitrogens with one attached hydrogen (secondary N) is 1. The van der Waals surface area contributed by atoms with Crippen molar-refractivity contribution in [2.75, 3.05) is 14.1 Å². The number of benzene rings is 2. The number of carbonyl (C=O) groups excluding carboxylic acids is 3. The number of nitrogens with zero attached hydrogens (tertiary/aromatic N) is 2. The van der Waals surface area contributed by atoms with Crippen molar-refractivity contribution in [1.82, 2.24) is 15.1 Å². The van der Waals surface area contributed by atoms with Crippen LogP contribution in [0.25, 0.3) is 0 Å². The summed E-state index contributed by atoms with van der Waals surface area (Å²) in [5, 5.41) is 2.76. The Kier molecular flexibility index (Phi) is 9.27. The Hall–Kier alpha value is -3.08. The van der Waals surface area contributed by atoms with Crippen LogP contribution in [0.2, 0.25) is 0 Å². The van der Waals surface area contributed by atoms with Gasteiger partial charge in [0.25, 0.3) is 10.1 Å². The van der Waals surface area contributed by atoms with Gasteiger partial charge in [0.15, 0.2) is 0 Å². The van der Waals surface area contributed by atoms with E-state index in [1.165, 1.54) is 0 Å². The summed E-state index contributed by atoms with van der Waals surface area (Å²) < 4.78 is 29.2. The van der Waals surface area contributed by atoms with Gasteiger partial charge in [-0.25, -0.2) is 0 Å². The molecule has 0 radical (unpaired) electrons. The van der Waals surface area contributed by atoms with Crippen molar-refractivity contribution < 1.29 is 27.4 Å². The van der Waals surface area contributed by atoms with E-state index >= 15 is 0 Å². The van der Waals surface area contributed by atoms with Crippen LogP contribution in [0.5, 0.6) is 0 Å². The lowest BCUT2D eigenvalue weighted by Crippen LogP contribution is -2.49. The van der Waals surface area contributed by atoms with E-state index in [1.54, 1.807) is 56.3 Å². The van der Waals surface area contributed by atoms with Crippen LogP contribution in [-0.2, 0) is 36.8 Å². The van der Waals surface area contributed by atoms with Gasteiger partial charge in [0.05, 0.1) is 12.5 Å². The second-order valence-electron chi connectivity index (χ2n) is 7.88. The number of rotatable bonds is 7. The first kappa shape index (κ1) is 26.2. The lowest BCUT2D eigenvalue weighted by atomic mass is 10.2. The van der Waals surface area contributed by atoms with Gasteiger partial charge in [-0.2, -0.15) is 8.42 Å². The molecular weight excluding hydrogens is 446 g/mol. The largest absolute Gasteiger partial charge is 0.350 e. The van der Waals surface area contributed by atoms with Crippen molar-refractivity contribution in [3.63, 3.8) is 0 Å². The standard InChI is InChI=1S/C16H21N3O3.C7H8O3S/c1-11(15(21)17-10-12-7-5-4-6-8-12)19-14(20)9-13(16(19)22)18(2)3;8-11(9,10)6-7-4-2-1-3-5-7/h4-8,11,13H,9-10H2,1-3H3,(H,17,21);1-5H,6H2,(H,8,9,10)/t11-,13?;/m0./s1. The highest BCUT2D eigenvalue weighted by Gasteiger charge is 2.43. The zero-order valence-corrected chi connectivity index (χ0v) is 19.7. The fourth-order valence-corrected chi connectivity index (χ4v) is 3.89. The molecule has 9 nitrogen and oxygen atoms in total. The van der Waals surface area contributed by atoms with Crippen molar-refractivity contribution in [2.24, 2.45) is 0 Å². The van der Waals surface area contributed by atoms with Gasteiger partial charge >= 0.3 is 0 Å². The summed E-state index contributed by atoms with van der Waals surface area (Å²) >= 11 is 0. The van der Waals surface area contributed by atoms with Crippen LogP contribution in [-0.4, -0.2) is 66.7 Å². The van der Waals surface area contributed by atoms with Crippen LogP contribution in [0.4, 0.5) is 0 Å². The van der Waals surface area contributed by atoms with Gasteiger partial charge in [0.1, 0.15) is 11.8 Å². The van der Waals surface area contributed by atoms with E-state index in [1.807, 2.05) is 30.3 Å². The van der Waals surface area contributed by atoms with Crippen molar-refractivity contribution in [1.29, 1.82) is 0 Å². The molecular formula is C23H29N3O6S. The summed E-state index contributed by atoms with van der Waals surface area (Å²) in [6.45, 7) is 1.95. The van der Waals surface area contributed by atoms with Gasteiger partial charge < -0.3 is 5.32 Å². The first-order chi connectivity index (χ1) is 15.5. The zero-order valence-electron chi connectivity index (χ0n) is 18.8. The number of likely N-dealkylation sites (N-methyl/N-ethyl adjacent to an activating group) is 1. The summed E-state index contributed by atoms with van der Waals surface area (Å²) in [4.78, 5) is 39.3. The molecule has 10 heteroatoms. The van der Waals surface area contributed by atoms with E-state index in [0.717, 1.165) is 10.5 Å². The maximum atomic E-state index is 12.3. The summed E-state index contributed by atoms with van der Waals surface area (Å²) in [5.74, 6) is -1.25. The third-order valence-electron chi connectivity index (χ3n) is 5.05. The van der Waals surface area contributed by atoms with Crippen molar-refractivity contribution >= 4 is 27.8 Å². The van der Waals surface area contributed by atoms with E-state index in [0.29, 0.717) is 12.1 Å². The smallest absolute Gasteiger partial charge is 0.269 e. The molecule has 33 heavy (non-hydrogen) atoms. The van der Waals surface area contributed by atoms with Crippen LogP contribution >= 0.6 is 0 Å². The molecule has 2 atom stereocenters. The van der Waals surface area contributed by atoms with E-state index in [-0.39, 0.29) is 29.9 Å². The molecule has 2 aromatic carbocycles. The number of hydrogen-bond donors (Lipinski definition) is 2. The Morgan fingerprint density at radius 2 is 1.58 bits per heavy atom. The maximum Gasteiger partial charge on any atom is 0.269 e. The molecule has 3 amide bonds. The third-order valence-corrected chi connectivity index (χ3v) is 5.75. The van der Waals surface area contributed by atoms with Crippen molar-refractivity contribution in [3.05, 3.63) is 71.8 Å². The predicted molar refractivity (Wildman–Crippen MR) is 123 cm³/mol. The molecule has 1 fully saturated rings. The highest BCUT2D eigenvalue weighted by atomic mass is 32.2. The molecule has 1 saturated heterocycles. The summed E-state index contributed by atoms with van der Waals surface area (Å²) in [5.41, 5.74) is 1.56. The Labute approximate surface area is 194 Å². The molecule has 2 aromatic rings. The molecule has 0 bridgehead atoms. The summed E-state index contributed by atoms with van der Waals surface area (Å²) in [7, 11) is -0.378. The minimum absolute atomic E-state index is 0.127. The fourth-order valence-electron chi connectivity index (χ4n) is 3.28. The van der Waals surface area contributed by atoms with Gasteiger partial charge in [0.2, 0.25) is 17.7 Å². The molecule has 2 N–H and O–H groups in total. The molecule has 178 valence electrons. The van der Waals surface area contributed by atoms with Gasteiger partial charge in [0, 0.05) is 6.54 Å². The Morgan fingerprint density at radius 3 is 2.03 bits per heavy atom. The topological polar surface area (TPSA) is 124 Å². The number of amides is 3. The Morgan fingerprint density at radius 1 is 1.06 bits per heavy atom. The van der Waals surface area contributed by atoms with Crippen LogP contribution in [0.15, 0.2) is 60.7 Å². The van der Waals surface area contributed by atoms with Gasteiger partial charge in [-0.3, -0.25) is 28.7 Å². The molecule has 0 aliphatic carbocycles. The van der Waals surface area contributed by atoms with Gasteiger partial charge in [-0.05, 0) is 32.1 Å². The first-order valence-electron chi connectivity index (χ1n) is 10.3. The van der Waals surface area contributed by atoms with Gasteiger partial charge in [-0.1, -0.05) is 60.7 Å². The number of hydrogen-bond acceptors (Lipinski definition) is 6. The maximum absolute atomic E-state index is 12.3. The quantitative estimate of drug-likeness (QED) is 0.459. The zero-order chi connectivity index (χ0) is 24.6. The van der Waals surface area contributed by atoms with Crippen LogP contribution in [0, 0.1) is 0 Å². The minimum atomic E-state index is -3.88. The van der Waals surface area contributed by atoms with Crippen molar-refractivity contribution in [2.45, 2.75) is 37.7 Å². The highest BCUT2D eigenvalue weighted by Crippen LogP contribution is 2.19. The van der Waals surface area contributed by atoms with E-state index in [4.69, 9.17) is 4.55 Å². The molecule has 1 unspecified atom stereocenters. The molecule has 0 spiro atoms. The van der Waals surface area contributed by atoms with Gasteiger partial charge in [-0.15, -0.1) is 0 Å². The van der Waals surface area contributed by atoms with E-state index in [2.05, 4.69) is 5.32 Å². The SMILES string of the molecule is C[C@@H](C(=O)NCc1ccccc1)N1C(=O)CC(N(C)C)C1=O.O=S(=O)(O)Cc1ccccc1. The first-order valence-corrected chi connectivity index (χ1v) is 11.9. The summed E-state index contributed by atoms with van der Waals surface area (Å²) in [6.07, 6.45) is 0.127. The Bertz CT molecular complexity index is 1060. The van der Waals surface area contributed by atoms with Crippen LogP contribution in [0.1, 0.15) is 24.5 Å². The highest BCUT2D eigenvalue weighted by molar-refractivity contribution is 7.85. The summed E-state index contributed by atoms with van der Waals surface area (Å²) in [6, 6.07) is 16.7. The second kappa shape index (κ2) is 11.7. The molecule has 1 heterocycles. The molecule has 3 rings (SSSR count). The fraction of sp³-hybridized carbons (Fsp3) is 0.348. The lowest BCUT2D eigenvalue weighted by molar-refractivity contribution is -0.147. The second-order valence-corrected chi connectivity index (χ2v) is 9.33. The van der Waals surface area contributed by atoms with Crippen LogP contribution < -0.4 is 5.32 Å².